The smallest absolute Gasteiger partial charge is 0.267 e. The topological polar surface area (TPSA) is 74.6 Å². The summed E-state index contributed by atoms with van der Waals surface area (Å²) >= 11 is 0. The molecule has 0 aromatic carbocycles. The van der Waals surface area contributed by atoms with Crippen LogP contribution in [-0.4, -0.2) is 29.4 Å². The predicted octanol–water partition coefficient (Wildman–Crippen LogP) is 3.93. The number of hydrogen-bond donors (Lipinski definition) is 2. The number of aliphatic hydroxyl groups excluding tert-OH is 1. The lowest BCUT2D eigenvalue weighted by Crippen LogP contribution is -2.26. The highest BCUT2D eigenvalue weighted by molar-refractivity contribution is 7.86. The Hall–Kier alpha value is -0.130. The number of rotatable bonds is 13. The summed E-state index contributed by atoms with van der Waals surface area (Å²) in [5.41, 5.74) is 0. The van der Waals surface area contributed by atoms with Crippen LogP contribution in [0.1, 0.15) is 84.5 Å². The van der Waals surface area contributed by atoms with E-state index in [1.54, 1.807) is 0 Å². The molecular formula is C15H32O4S. The molecule has 20 heavy (non-hydrogen) atoms. The summed E-state index contributed by atoms with van der Waals surface area (Å²) in [5, 5.41) is 9.10. The highest BCUT2D eigenvalue weighted by Crippen LogP contribution is 2.18. The molecule has 0 rings (SSSR count). The lowest BCUT2D eigenvalue weighted by atomic mass is 10.0. The van der Waals surface area contributed by atoms with Gasteiger partial charge >= 0.3 is 0 Å². The lowest BCUT2D eigenvalue weighted by Gasteiger charge is -2.17. The molecule has 0 fully saturated rings. The first kappa shape index (κ1) is 19.9. The fourth-order valence-corrected chi connectivity index (χ4v) is 3.33. The first-order valence-electron chi connectivity index (χ1n) is 8.06. The van der Waals surface area contributed by atoms with Crippen LogP contribution < -0.4 is 0 Å². The van der Waals surface area contributed by atoms with Gasteiger partial charge in [-0.2, -0.15) is 8.42 Å². The summed E-state index contributed by atoms with van der Waals surface area (Å²) < 4.78 is 31.7. The van der Waals surface area contributed by atoms with Gasteiger partial charge in [-0.05, 0) is 19.3 Å². The van der Waals surface area contributed by atoms with E-state index in [0.29, 0.717) is 12.8 Å². The standard InChI is InChI=1S/C15H32O4S/c1-3-5-7-8-9-10-11-14(16)13-15(12-6-4-2)20(17,18)19/h14-16H,3-13H2,1-2H3,(H,17,18,19). The molecule has 4 nitrogen and oxygen atoms in total. The molecule has 0 aromatic rings. The molecule has 0 saturated heterocycles. The largest absolute Gasteiger partial charge is 0.393 e. The number of unbranched alkanes of at least 4 members (excludes halogenated alkanes) is 6. The Balaban J connectivity index is 3.92. The van der Waals surface area contributed by atoms with Crippen molar-refractivity contribution in [3.8, 4) is 0 Å². The summed E-state index contributed by atoms with van der Waals surface area (Å²) in [7, 11) is -4.03. The molecule has 0 aliphatic rings. The Morgan fingerprint density at radius 2 is 1.40 bits per heavy atom. The van der Waals surface area contributed by atoms with Crippen molar-refractivity contribution in [3.05, 3.63) is 0 Å². The minimum Gasteiger partial charge on any atom is -0.393 e. The van der Waals surface area contributed by atoms with Gasteiger partial charge < -0.3 is 5.11 Å². The maximum Gasteiger partial charge on any atom is 0.267 e. The van der Waals surface area contributed by atoms with Gasteiger partial charge in [-0.3, -0.25) is 4.55 Å². The second-order valence-electron chi connectivity index (χ2n) is 5.73. The molecule has 0 bridgehead atoms. The molecule has 2 N–H and O–H groups in total. The maximum absolute atomic E-state index is 11.3. The van der Waals surface area contributed by atoms with Crippen LogP contribution in [0, 0.1) is 0 Å². The summed E-state index contributed by atoms with van der Waals surface area (Å²) in [6.07, 6.45) is 9.15. The minimum absolute atomic E-state index is 0.161. The first-order valence-corrected chi connectivity index (χ1v) is 9.56. The molecular weight excluding hydrogens is 276 g/mol. The van der Waals surface area contributed by atoms with Crippen molar-refractivity contribution in [2.24, 2.45) is 0 Å². The average molecular weight is 308 g/mol. The van der Waals surface area contributed by atoms with Gasteiger partial charge in [-0.25, -0.2) is 0 Å². The van der Waals surface area contributed by atoms with E-state index in [1.807, 2.05) is 6.92 Å². The monoisotopic (exact) mass is 308 g/mol. The van der Waals surface area contributed by atoms with E-state index in [0.717, 1.165) is 25.7 Å². The van der Waals surface area contributed by atoms with Gasteiger partial charge in [0.1, 0.15) is 0 Å². The van der Waals surface area contributed by atoms with Crippen molar-refractivity contribution in [2.75, 3.05) is 0 Å². The average Bonchev–Trinajstić information content (AvgIpc) is 2.37. The van der Waals surface area contributed by atoms with Gasteiger partial charge in [0.15, 0.2) is 0 Å². The Kier molecular flexibility index (Phi) is 11.4. The maximum atomic E-state index is 11.3. The second kappa shape index (κ2) is 11.5. The van der Waals surface area contributed by atoms with Gasteiger partial charge in [-0.15, -0.1) is 0 Å². The van der Waals surface area contributed by atoms with Crippen LogP contribution in [0.3, 0.4) is 0 Å². The van der Waals surface area contributed by atoms with E-state index >= 15 is 0 Å². The van der Waals surface area contributed by atoms with Crippen LogP contribution in [0.4, 0.5) is 0 Å². The molecule has 5 heteroatoms. The molecule has 122 valence electrons. The SMILES string of the molecule is CCCCCCCCC(O)CC(CCCC)S(=O)(=O)O. The van der Waals surface area contributed by atoms with Crippen molar-refractivity contribution >= 4 is 10.1 Å². The van der Waals surface area contributed by atoms with E-state index < -0.39 is 21.5 Å². The quantitative estimate of drug-likeness (QED) is 0.399. The van der Waals surface area contributed by atoms with Crippen molar-refractivity contribution in [1.82, 2.24) is 0 Å². The lowest BCUT2D eigenvalue weighted by molar-refractivity contribution is 0.147. The Bertz CT molecular complexity index is 314. The number of aliphatic hydroxyl groups is 1. The Labute approximate surface area is 124 Å². The Morgan fingerprint density at radius 1 is 0.850 bits per heavy atom. The van der Waals surface area contributed by atoms with Crippen molar-refractivity contribution in [1.29, 1.82) is 0 Å². The van der Waals surface area contributed by atoms with Crippen molar-refractivity contribution < 1.29 is 18.1 Å². The van der Waals surface area contributed by atoms with Gasteiger partial charge in [0.2, 0.25) is 0 Å². The predicted molar refractivity (Wildman–Crippen MR) is 83.5 cm³/mol. The van der Waals surface area contributed by atoms with Crippen LogP contribution in [0.15, 0.2) is 0 Å². The highest BCUT2D eigenvalue weighted by Gasteiger charge is 2.25. The van der Waals surface area contributed by atoms with E-state index in [-0.39, 0.29) is 6.42 Å². The van der Waals surface area contributed by atoms with Crippen LogP contribution >= 0.6 is 0 Å². The summed E-state index contributed by atoms with van der Waals surface area (Å²) in [6.45, 7) is 4.16. The summed E-state index contributed by atoms with van der Waals surface area (Å²) in [5.74, 6) is 0. The number of hydrogen-bond acceptors (Lipinski definition) is 3. The van der Waals surface area contributed by atoms with Crippen LogP contribution in [-0.2, 0) is 10.1 Å². The molecule has 0 aliphatic carbocycles. The zero-order valence-electron chi connectivity index (χ0n) is 13.1. The Morgan fingerprint density at radius 3 is 1.95 bits per heavy atom. The molecule has 0 aromatic heterocycles. The molecule has 0 saturated carbocycles. The normalized spacial score (nSPS) is 15.2. The van der Waals surface area contributed by atoms with Gasteiger partial charge in [0.25, 0.3) is 10.1 Å². The van der Waals surface area contributed by atoms with Crippen LogP contribution in [0.5, 0.6) is 0 Å². The van der Waals surface area contributed by atoms with Crippen LogP contribution in [0.25, 0.3) is 0 Å². The highest BCUT2D eigenvalue weighted by atomic mass is 32.2. The molecule has 2 atom stereocenters. The zero-order valence-corrected chi connectivity index (χ0v) is 13.9. The molecule has 0 amide bonds. The molecule has 0 radical (unpaired) electrons. The van der Waals surface area contributed by atoms with Gasteiger partial charge in [-0.1, -0.05) is 65.2 Å². The van der Waals surface area contributed by atoms with Gasteiger partial charge in [0, 0.05) is 0 Å². The van der Waals surface area contributed by atoms with Crippen molar-refractivity contribution in [2.45, 2.75) is 95.8 Å². The third-order valence-electron chi connectivity index (χ3n) is 3.73. The summed E-state index contributed by atoms with van der Waals surface area (Å²) in [6, 6.07) is 0. The van der Waals surface area contributed by atoms with E-state index in [4.69, 9.17) is 0 Å². The molecule has 2 unspecified atom stereocenters. The van der Waals surface area contributed by atoms with E-state index in [1.165, 1.54) is 25.7 Å². The first-order chi connectivity index (χ1) is 9.41. The fraction of sp³-hybridized carbons (Fsp3) is 1.00. The zero-order chi connectivity index (χ0) is 15.4. The third-order valence-corrected chi connectivity index (χ3v) is 5.00. The third kappa shape index (κ3) is 10.6. The van der Waals surface area contributed by atoms with Crippen LogP contribution in [0.2, 0.25) is 0 Å². The molecule has 0 heterocycles. The fourth-order valence-electron chi connectivity index (χ4n) is 2.40. The van der Waals surface area contributed by atoms with Crippen molar-refractivity contribution in [3.63, 3.8) is 0 Å². The molecule has 0 aliphatic heterocycles. The minimum atomic E-state index is -4.03. The molecule has 0 spiro atoms. The van der Waals surface area contributed by atoms with E-state index in [2.05, 4.69) is 6.92 Å². The van der Waals surface area contributed by atoms with E-state index in [9.17, 15) is 18.1 Å². The van der Waals surface area contributed by atoms with Gasteiger partial charge in [0.05, 0.1) is 11.4 Å². The second-order valence-corrected chi connectivity index (χ2v) is 7.42. The summed E-state index contributed by atoms with van der Waals surface area (Å²) in [4.78, 5) is 0.